The van der Waals surface area contributed by atoms with E-state index >= 15 is 0 Å². The maximum atomic E-state index is 13.4. The number of aryl methyl sites for hydroxylation is 1. The summed E-state index contributed by atoms with van der Waals surface area (Å²) >= 11 is 5.93. The lowest BCUT2D eigenvalue weighted by molar-refractivity contribution is -0.122. The molecule has 0 radical (unpaired) electrons. The van der Waals surface area contributed by atoms with Gasteiger partial charge in [0.25, 0.3) is 0 Å². The highest BCUT2D eigenvalue weighted by molar-refractivity contribution is 7.89. The Bertz CT molecular complexity index is 943. The van der Waals surface area contributed by atoms with Crippen LogP contribution in [0.25, 0.3) is 0 Å². The van der Waals surface area contributed by atoms with Crippen molar-refractivity contribution >= 4 is 27.5 Å². The van der Waals surface area contributed by atoms with Gasteiger partial charge in [0.2, 0.25) is 15.9 Å². The van der Waals surface area contributed by atoms with Crippen molar-refractivity contribution in [3.63, 3.8) is 0 Å². The van der Waals surface area contributed by atoms with Crippen molar-refractivity contribution in [2.75, 3.05) is 6.54 Å². The van der Waals surface area contributed by atoms with Gasteiger partial charge in [-0.2, -0.15) is 4.31 Å². The Hall–Kier alpha value is -1.89. The summed E-state index contributed by atoms with van der Waals surface area (Å²) in [4.78, 5) is 13.0. The number of hydrogen-bond donors (Lipinski definition) is 1. The molecule has 2 aromatic rings. The Kier molecular flexibility index (Phi) is 8.52. The van der Waals surface area contributed by atoms with Crippen LogP contribution in [0.4, 0.5) is 0 Å². The first-order valence-corrected chi connectivity index (χ1v) is 12.8. The van der Waals surface area contributed by atoms with Crippen LogP contribution in [-0.2, 0) is 21.2 Å². The van der Waals surface area contributed by atoms with E-state index in [9.17, 15) is 13.2 Å². The van der Waals surface area contributed by atoms with Gasteiger partial charge in [-0.25, -0.2) is 8.42 Å². The Labute approximate surface area is 190 Å². The zero-order valence-electron chi connectivity index (χ0n) is 18.0. The minimum atomic E-state index is -3.79. The molecule has 1 aliphatic rings. The molecule has 0 unspecified atom stereocenters. The third kappa shape index (κ3) is 6.79. The van der Waals surface area contributed by atoms with Crippen LogP contribution < -0.4 is 5.32 Å². The second kappa shape index (κ2) is 11.1. The van der Waals surface area contributed by atoms with Gasteiger partial charge in [-0.15, -0.1) is 0 Å². The van der Waals surface area contributed by atoms with Crippen molar-refractivity contribution in [3.05, 3.63) is 65.2 Å². The SMILES string of the molecule is C[C@H](CCc1ccccc1)NC(=O)CN(C1CCCCC1)S(=O)(=O)c1ccc(Cl)cc1. The highest BCUT2D eigenvalue weighted by Crippen LogP contribution is 2.28. The van der Waals surface area contributed by atoms with E-state index in [0.717, 1.165) is 44.9 Å². The summed E-state index contributed by atoms with van der Waals surface area (Å²) in [5.41, 5.74) is 1.22. The summed E-state index contributed by atoms with van der Waals surface area (Å²) in [6.07, 6.45) is 6.28. The lowest BCUT2D eigenvalue weighted by atomic mass is 9.95. The van der Waals surface area contributed by atoms with E-state index in [1.807, 2.05) is 25.1 Å². The number of halogens is 1. The number of amides is 1. The Balaban J connectivity index is 1.67. The van der Waals surface area contributed by atoms with Crippen LogP contribution in [0.3, 0.4) is 0 Å². The average molecular weight is 463 g/mol. The molecule has 0 aliphatic heterocycles. The number of nitrogens with zero attached hydrogens (tertiary/aromatic N) is 1. The van der Waals surface area contributed by atoms with Gasteiger partial charge in [0.05, 0.1) is 11.4 Å². The monoisotopic (exact) mass is 462 g/mol. The summed E-state index contributed by atoms with van der Waals surface area (Å²) in [6.45, 7) is 1.80. The van der Waals surface area contributed by atoms with Crippen molar-refractivity contribution in [1.82, 2.24) is 9.62 Å². The second-order valence-electron chi connectivity index (χ2n) is 8.29. The molecule has 3 rings (SSSR count). The predicted molar refractivity (Wildman–Crippen MR) is 125 cm³/mol. The molecule has 1 saturated carbocycles. The summed E-state index contributed by atoms with van der Waals surface area (Å²) in [5, 5.41) is 3.47. The molecular formula is C24H31ClN2O3S. The van der Waals surface area contributed by atoms with Crippen LogP contribution in [0.2, 0.25) is 5.02 Å². The number of carbonyl (C=O) groups is 1. The third-order valence-corrected chi connectivity index (χ3v) is 7.98. The summed E-state index contributed by atoms with van der Waals surface area (Å²) in [6, 6.07) is 16.1. The van der Waals surface area contributed by atoms with Gasteiger partial charge >= 0.3 is 0 Å². The fourth-order valence-corrected chi connectivity index (χ4v) is 5.85. The van der Waals surface area contributed by atoms with E-state index in [1.165, 1.54) is 22.0 Å². The molecule has 1 atom stereocenters. The molecule has 0 spiro atoms. The van der Waals surface area contributed by atoms with Crippen molar-refractivity contribution in [1.29, 1.82) is 0 Å². The smallest absolute Gasteiger partial charge is 0.243 e. The van der Waals surface area contributed by atoms with E-state index in [-0.39, 0.29) is 29.4 Å². The van der Waals surface area contributed by atoms with Crippen LogP contribution in [0.15, 0.2) is 59.5 Å². The number of rotatable bonds is 9. The number of carbonyl (C=O) groups excluding carboxylic acids is 1. The number of hydrogen-bond acceptors (Lipinski definition) is 3. The number of sulfonamides is 1. The molecule has 0 saturated heterocycles. The first kappa shape index (κ1) is 23.8. The first-order chi connectivity index (χ1) is 14.9. The first-order valence-electron chi connectivity index (χ1n) is 11.0. The fraction of sp³-hybridized carbons (Fsp3) is 0.458. The van der Waals surface area contributed by atoms with E-state index in [4.69, 9.17) is 11.6 Å². The van der Waals surface area contributed by atoms with Gasteiger partial charge < -0.3 is 5.32 Å². The largest absolute Gasteiger partial charge is 0.352 e. The molecule has 168 valence electrons. The van der Waals surface area contributed by atoms with Crippen molar-refractivity contribution < 1.29 is 13.2 Å². The summed E-state index contributed by atoms with van der Waals surface area (Å²) in [7, 11) is -3.79. The zero-order chi connectivity index (χ0) is 22.3. The Morgan fingerprint density at radius 3 is 2.35 bits per heavy atom. The normalized spacial score (nSPS) is 16.2. The molecule has 1 aliphatic carbocycles. The van der Waals surface area contributed by atoms with Crippen LogP contribution >= 0.6 is 11.6 Å². The number of benzene rings is 2. The second-order valence-corrected chi connectivity index (χ2v) is 10.6. The van der Waals surface area contributed by atoms with Crippen LogP contribution in [-0.4, -0.2) is 37.3 Å². The highest BCUT2D eigenvalue weighted by atomic mass is 35.5. The molecule has 0 bridgehead atoms. The predicted octanol–water partition coefficient (Wildman–Crippen LogP) is 4.80. The third-order valence-electron chi connectivity index (χ3n) is 5.82. The molecule has 2 aromatic carbocycles. The Morgan fingerprint density at radius 2 is 1.71 bits per heavy atom. The molecule has 31 heavy (non-hydrogen) atoms. The average Bonchev–Trinajstić information content (AvgIpc) is 2.77. The summed E-state index contributed by atoms with van der Waals surface area (Å²) < 4.78 is 28.2. The van der Waals surface area contributed by atoms with Gasteiger partial charge in [-0.3, -0.25) is 4.79 Å². The van der Waals surface area contributed by atoms with E-state index in [2.05, 4.69) is 17.4 Å². The van der Waals surface area contributed by atoms with E-state index in [0.29, 0.717) is 5.02 Å². The lowest BCUT2D eigenvalue weighted by Gasteiger charge is -2.33. The fourth-order valence-electron chi connectivity index (χ4n) is 4.08. The molecular weight excluding hydrogens is 432 g/mol. The van der Waals surface area contributed by atoms with Crippen LogP contribution in [0, 0.1) is 0 Å². The minimum Gasteiger partial charge on any atom is -0.352 e. The molecule has 1 amide bonds. The highest BCUT2D eigenvalue weighted by Gasteiger charge is 2.34. The van der Waals surface area contributed by atoms with Crippen molar-refractivity contribution in [2.45, 2.75) is 68.8 Å². The minimum absolute atomic E-state index is 0.0425. The van der Waals surface area contributed by atoms with E-state index in [1.54, 1.807) is 12.1 Å². The maximum absolute atomic E-state index is 13.4. The van der Waals surface area contributed by atoms with Gasteiger partial charge in [-0.05, 0) is 62.4 Å². The molecule has 5 nitrogen and oxygen atoms in total. The molecule has 7 heteroatoms. The molecule has 1 fully saturated rings. The van der Waals surface area contributed by atoms with Gasteiger partial charge in [-0.1, -0.05) is 61.2 Å². The maximum Gasteiger partial charge on any atom is 0.243 e. The van der Waals surface area contributed by atoms with Gasteiger partial charge in [0.1, 0.15) is 0 Å². The van der Waals surface area contributed by atoms with Gasteiger partial charge in [0, 0.05) is 17.1 Å². The Morgan fingerprint density at radius 1 is 1.06 bits per heavy atom. The van der Waals surface area contributed by atoms with Crippen molar-refractivity contribution in [3.8, 4) is 0 Å². The topological polar surface area (TPSA) is 66.5 Å². The lowest BCUT2D eigenvalue weighted by Crippen LogP contribution is -2.48. The standard InChI is InChI=1S/C24H31ClN2O3S/c1-19(12-13-20-8-4-2-5-9-20)26-24(28)18-27(22-10-6-3-7-11-22)31(29,30)23-16-14-21(25)15-17-23/h2,4-5,8-9,14-17,19,22H,3,6-7,10-13,18H2,1H3,(H,26,28)/t19-/m1/s1. The van der Waals surface area contributed by atoms with Gasteiger partial charge in [0.15, 0.2) is 0 Å². The molecule has 0 aromatic heterocycles. The quantitative estimate of drug-likeness (QED) is 0.582. The van der Waals surface area contributed by atoms with E-state index < -0.39 is 10.0 Å². The molecule has 1 N–H and O–H groups in total. The zero-order valence-corrected chi connectivity index (χ0v) is 19.5. The van der Waals surface area contributed by atoms with Crippen LogP contribution in [0.1, 0.15) is 51.0 Å². The molecule has 0 heterocycles. The van der Waals surface area contributed by atoms with Crippen molar-refractivity contribution in [2.24, 2.45) is 0 Å². The van der Waals surface area contributed by atoms with Crippen LogP contribution in [0.5, 0.6) is 0 Å². The number of nitrogens with one attached hydrogen (secondary N) is 1. The summed E-state index contributed by atoms with van der Waals surface area (Å²) in [5.74, 6) is -0.260.